The molecule has 2 aliphatic carbocycles. The van der Waals surface area contributed by atoms with Crippen molar-refractivity contribution in [2.45, 2.75) is 57.3 Å². The first-order chi connectivity index (χ1) is 10.3. The van der Waals surface area contributed by atoms with Gasteiger partial charge in [-0.2, -0.15) is 0 Å². The third-order valence-corrected chi connectivity index (χ3v) is 6.65. The van der Waals surface area contributed by atoms with Crippen molar-refractivity contribution in [3.8, 4) is 0 Å². The molecule has 3 rings (SSSR count). The largest absolute Gasteiger partial charge is 0.103 e. The monoisotopic (exact) mass is 394 g/mol. The quantitative estimate of drug-likeness (QED) is 0.402. The lowest BCUT2D eigenvalue weighted by molar-refractivity contribution is 0.171. The van der Waals surface area contributed by atoms with Gasteiger partial charge >= 0.3 is 0 Å². The van der Waals surface area contributed by atoms with Gasteiger partial charge in [-0.25, -0.2) is 0 Å². The molecule has 2 aliphatic rings. The molecule has 21 heavy (non-hydrogen) atoms. The Balaban J connectivity index is 1.51. The van der Waals surface area contributed by atoms with E-state index in [2.05, 4.69) is 59.5 Å². The number of benzene rings is 1. The van der Waals surface area contributed by atoms with Crippen LogP contribution in [0.1, 0.15) is 62.8 Å². The van der Waals surface area contributed by atoms with Crippen molar-refractivity contribution >= 4 is 22.6 Å². The summed E-state index contributed by atoms with van der Waals surface area (Å²) in [6.07, 6.45) is 13.6. The van der Waals surface area contributed by atoms with E-state index in [0.29, 0.717) is 0 Å². The van der Waals surface area contributed by atoms with E-state index in [4.69, 9.17) is 0 Å². The molecule has 1 aromatic rings. The van der Waals surface area contributed by atoms with Crippen molar-refractivity contribution in [2.75, 3.05) is 0 Å². The molecule has 0 aliphatic heterocycles. The summed E-state index contributed by atoms with van der Waals surface area (Å²) in [5, 5.41) is 0. The molecule has 0 spiro atoms. The van der Waals surface area contributed by atoms with E-state index in [-0.39, 0.29) is 0 Å². The molecular weight excluding hydrogens is 367 g/mol. The number of allylic oxidation sites excluding steroid dienone is 1. The second-order valence-corrected chi connectivity index (χ2v) is 8.32. The Hall–Kier alpha value is -0.310. The van der Waals surface area contributed by atoms with Crippen LogP contribution in [0.25, 0.3) is 0 Å². The number of rotatable bonds is 3. The van der Waals surface area contributed by atoms with Gasteiger partial charge in [-0.3, -0.25) is 0 Å². The molecule has 0 nitrogen and oxygen atoms in total. The zero-order valence-electron chi connectivity index (χ0n) is 12.9. The average molecular weight is 394 g/mol. The third kappa shape index (κ3) is 3.91. The van der Waals surface area contributed by atoms with E-state index in [0.717, 1.165) is 23.7 Å². The van der Waals surface area contributed by atoms with Crippen LogP contribution in [0.4, 0.5) is 0 Å². The second-order valence-electron chi connectivity index (χ2n) is 7.07. The zero-order chi connectivity index (χ0) is 14.7. The van der Waals surface area contributed by atoms with Crippen LogP contribution >= 0.6 is 22.6 Å². The molecule has 0 N–H and O–H groups in total. The molecule has 0 radical (unpaired) electrons. The summed E-state index contributed by atoms with van der Waals surface area (Å²) in [5.41, 5.74) is 1.57. The van der Waals surface area contributed by atoms with Crippen LogP contribution in [0.3, 0.4) is 0 Å². The minimum atomic E-state index is 0.810. The summed E-state index contributed by atoms with van der Waals surface area (Å²) < 4.78 is 1.35. The highest BCUT2D eigenvalue weighted by Gasteiger charge is 2.30. The molecule has 114 valence electrons. The lowest BCUT2D eigenvalue weighted by Crippen LogP contribution is -2.25. The van der Waals surface area contributed by atoms with Gasteiger partial charge in [0.2, 0.25) is 0 Å². The minimum absolute atomic E-state index is 0.810. The molecule has 0 saturated heterocycles. The molecule has 2 fully saturated rings. The topological polar surface area (TPSA) is 0 Å². The maximum absolute atomic E-state index is 3.97. The van der Waals surface area contributed by atoms with E-state index < -0.39 is 0 Å². The van der Waals surface area contributed by atoms with E-state index in [1.165, 1.54) is 54.9 Å². The number of hydrogen-bond donors (Lipinski definition) is 0. The smallest absolute Gasteiger partial charge is 0.0130 e. The molecule has 0 aromatic heterocycles. The van der Waals surface area contributed by atoms with Crippen molar-refractivity contribution in [1.29, 1.82) is 0 Å². The minimum Gasteiger partial charge on any atom is -0.103 e. The lowest BCUT2D eigenvalue weighted by atomic mass is 9.68. The van der Waals surface area contributed by atoms with Crippen LogP contribution in [0.2, 0.25) is 0 Å². The Morgan fingerprint density at radius 2 is 1.33 bits per heavy atom. The summed E-state index contributed by atoms with van der Waals surface area (Å²) >= 11 is 2.40. The second kappa shape index (κ2) is 7.30. The Kier molecular flexibility index (Phi) is 5.42. The predicted molar refractivity (Wildman–Crippen MR) is 99.5 cm³/mol. The number of hydrogen-bond acceptors (Lipinski definition) is 0. The fraction of sp³-hybridized carbons (Fsp3) is 0.600. The average Bonchev–Trinajstić information content (AvgIpc) is 2.56. The van der Waals surface area contributed by atoms with Crippen LogP contribution in [0.5, 0.6) is 0 Å². The van der Waals surface area contributed by atoms with Gasteiger partial charge in [-0.1, -0.05) is 18.2 Å². The molecule has 1 heteroatoms. The van der Waals surface area contributed by atoms with Crippen molar-refractivity contribution in [2.24, 2.45) is 17.8 Å². The predicted octanol–water partition coefficient (Wildman–Crippen LogP) is 6.56. The fourth-order valence-corrected chi connectivity index (χ4v) is 4.87. The molecule has 0 atom stereocenters. The highest BCUT2D eigenvalue weighted by atomic mass is 127. The highest BCUT2D eigenvalue weighted by Crippen LogP contribution is 2.43. The molecule has 0 bridgehead atoms. The van der Waals surface area contributed by atoms with Gasteiger partial charge in [0.1, 0.15) is 0 Å². The van der Waals surface area contributed by atoms with Crippen LogP contribution < -0.4 is 0 Å². The zero-order valence-corrected chi connectivity index (χ0v) is 15.1. The highest BCUT2D eigenvalue weighted by molar-refractivity contribution is 14.1. The first-order valence-corrected chi connectivity index (χ1v) is 9.72. The Bertz CT molecular complexity index is 445. The van der Waals surface area contributed by atoms with E-state index in [1.807, 2.05) is 0 Å². The SMILES string of the molecule is C=CC1CCC(C2CCC(c3ccc(I)cc3)CC2)CC1. The summed E-state index contributed by atoms with van der Waals surface area (Å²) in [5.74, 6) is 3.65. The Labute approximate surface area is 143 Å². The van der Waals surface area contributed by atoms with Crippen molar-refractivity contribution < 1.29 is 0 Å². The summed E-state index contributed by atoms with van der Waals surface area (Å²) in [6.45, 7) is 3.97. The van der Waals surface area contributed by atoms with Gasteiger partial charge in [0.15, 0.2) is 0 Å². The van der Waals surface area contributed by atoms with Crippen LogP contribution in [-0.4, -0.2) is 0 Å². The maximum Gasteiger partial charge on any atom is 0.0130 e. The standard InChI is InChI=1S/C20H27I/c1-2-15-3-5-16(6-4-15)17-7-9-18(10-8-17)19-11-13-20(21)14-12-19/h2,11-18H,1,3-10H2. The van der Waals surface area contributed by atoms with Gasteiger partial charge in [0.25, 0.3) is 0 Å². The van der Waals surface area contributed by atoms with Crippen molar-refractivity contribution in [3.63, 3.8) is 0 Å². The van der Waals surface area contributed by atoms with E-state index >= 15 is 0 Å². The van der Waals surface area contributed by atoms with Gasteiger partial charge in [-0.15, -0.1) is 6.58 Å². The summed E-state index contributed by atoms with van der Waals surface area (Å²) in [6, 6.07) is 9.22. The summed E-state index contributed by atoms with van der Waals surface area (Å²) in [4.78, 5) is 0. The molecule has 2 saturated carbocycles. The third-order valence-electron chi connectivity index (χ3n) is 5.93. The molecule has 1 aromatic carbocycles. The van der Waals surface area contributed by atoms with Crippen LogP contribution in [-0.2, 0) is 0 Å². The van der Waals surface area contributed by atoms with Gasteiger partial charge in [0, 0.05) is 3.57 Å². The van der Waals surface area contributed by atoms with Gasteiger partial charge in [-0.05, 0) is 115 Å². The lowest BCUT2D eigenvalue weighted by Gasteiger charge is -2.37. The van der Waals surface area contributed by atoms with Crippen LogP contribution in [0, 0.1) is 21.3 Å². The first kappa shape index (κ1) is 15.6. The fourth-order valence-electron chi connectivity index (χ4n) is 4.51. The van der Waals surface area contributed by atoms with E-state index in [9.17, 15) is 0 Å². The summed E-state index contributed by atoms with van der Waals surface area (Å²) in [7, 11) is 0. The molecule has 0 unspecified atom stereocenters. The van der Waals surface area contributed by atoms with Gasteiger partial charge < -0.3 is 0 Å². The number of halogens is 1. The molecular formula is C20H27I. The normalized spacial score (nSPS) is 33.6. The van der Waals surface area contributed by atoms with Crippen LogP contribution in [0.15, 0.2) is 36.9 Å². The molecule has 0 amide bonds. The first-order valence-electron chi connectivity index (χ1n) is 8.64. The Morgan fingerprint density at radius 3 is 1.86 bits per heavy atom. The molecule has 0 heterocycles. The van der Waals surface area contributed by atoms with Crippen molar-refractivity contribution in [1.82, 2.24) is 0 Å². The Morgan fingerprint density at radius 1 is 0.810 bits per heavy atom. The maximum atomic E-state index is 3.97. The van der Waals surface area contributed by atoms with Crippen molar-refractivity contribution in [3.05, 3.63) is 46.1 Å². The van der Waals surface area contributed by atoms with E-state index in [1.54, 1.807) is 5.56 Å². The van der Waals surface area contributed by atoms with Gasteiger partial charge in [0.05, 0.1) is 0 Å².